The number of halogens is 1. The van der Waals surface area contributed by atoms with Gasteiger partial charge in [0, 0.05) is 0 Å². The Kier molecular flexibility index (Phi) is 3.95. The van der Waals surface area contributed by atoms with Crippen molar-refractivity contribution in [2.24, 2.45) is 0 Å². The van der Waals surface area contributed by atoms with Gasteiger partial charge in [-0.2, -0.15) is 0 Å². The Balaban J connectivity index is 2.26. The van der Waals surface area contributed by atoms with Crippen molar-refractivity contribution < 1.29 is 9.53 Å². The monoisotopic (exact) mass is 391 g/mol. The van der Waals surface area contributed by atoms with E-state index < -0.39 is 11.7 Å². The van der Waals surface area contributed by atoms with Gasteiger partial charge in [0.25, 0.3) is 0 Å². The summed E-state index contributed by atoms with van der Waals surface area (Å²) in [5, 5.41) is 3.66. The molecular formula is C12H14IN3O2S. The smallest absolute Gasteiger partial charge is 0.412 e. The lowest BCUT2D eigenvalue weighted by molar-refractivity contribution is 0.0636. The Morgan fingerprint density at radius 3 is 2.79 bits per heavy atom. The lowest BCUT2D eigenvalue weighted by Gasteiger charge is -2.19. The molecule has 0 atom stereocenters. The summed E-state index contributed by atoms with van der Waals surface area (Å²) in [6.45, 7) is 7.40. The molecule has 5 nitrogen and oxygen atoms in total. The van der Waals surface area contributed by atoms with Crippen LogP contribution in [0, 0.1) is 10.5 Å². The van der Waals surface area contributed by atoms with Crippen LogP contribution < -0.4 is 5.32 Å². The van der Waals surface area contributed by atoms with E-state index in [0.29, 0.717) is 5.69 Å². The standard InChI is InChI=1S/C12H14IN3O2S/c1-6-15-9-8(13)7(5-14-10(9)19-6)16-11(17)18-12(2,3)4/h5H,1-4H3,(H,16,17). The highest BCUT2D eigenvalue weighted by Crippen LogP contribution is 2.29. The van der Waals surface area contributed by atoms with Crippen LogP contribution in [0.2, 0.25) is 0 Å². The third-order valence-corrected chi connectivity index (χ3v) is 4.08. The lowest BCUT2D eigenvalue weighted by atomic mass is 10.2. The van der Waals surface area contributed by atoms with E-state index in [-0.39, 0.29) is 0 Å². The van der Waals surface area contributed by atoms with Gasteiger partial charge < -0.3 is 4.74 Å². The van der Waals surface area contributed by atoms with Gasteiger partial charge in [-0.3, -0.25) is 5.32 Å². The van der Waals surface area contributed by atoms with Crippen molar-refractivity contribution in [1.82, 2.24) is 9.97 Å². The summed E-state index contributed by atoms with van der Waals surface area (Å²) < 4.78 is 6.09. The molecule has 7 heteroatoms. The highest BCUT2D eigenvalue weighted by atomic mass is 127. The summed E-state index contributed by atoms with van der Waals surface area (Å²) >= 11 is 3.69. The first-order chi connectivity index (χ1) is 8.76. The molecule has 2 aromatic rings. The molecule has 0 spiro atoms. The normalized spacial score (nSPS) is 11.6. The quantitative estimate of drug-likeness (QED) is 0.748. The first kappa shape index (κ1) is 14.4. The number of anilines is 1. The number of pyridine rings is 1. The van der Waals surface area contributed by atoms with Gasteiger partial charge in [-0.05, 0) is 50.3 Å². The molecule has 0 aromatic carbocycles. The summed E-state index contributed by atoms with van der Waals surface area (Å²) in [5.41, 5.74) is 0.911. The molecule has 2 aromatic heterocycles. The Morgan fingerprint density at radius 2 is 2.16 bits per heavy atom. The first-order valence-corrected chi connectivity index (χ1v) is 7.57. The maximum atomic E-state index is 11.7. The Morgan fingerprint density at radius 1 is 1.47 bits per heavy atom. The number of nitrogens with one attached hydrogen (secondary N) is 1. The third-order valence-electron chi connectivity index (χ3n) is 2.11. The molecule has 1 N–H and O–H groups in total. The SMILES string of the molecule is Cc1nc2c(I)c(NC(=O)OC(C)(C)C)cnc2s1. The molecule has 1 amide bonds. The number of amides is 1. The van der Waals surface area contributed by atoms with E-state index in [4.69, 9.17) is 4.74 Å². The fourth-order valence-corrected chi connectivity index (χ4v) is 3.05. The van der Waals surface area contributed by atoms with Gasteiger partial charge in [0.15, 0.2) is 0 Å². The molecule has 0 fully saturated rings. The number of aromatic nitrogens is 2. The molecular weight excluding hydrogens is 377 g/mol. The predicted octanol–water partition coefficient (Wildman–Crippen LogP) is 3.95. The van der Waals surface area contributed by atoms with Gasteiger partial charge in [0.05, 0.1) is 20.5 Å². The van der Waals surface area contributed by atoms with E-state index in [1.54, 1.807) is 6.20 Å². The van der Waals surface area contributed by atoms with Gasteiger partial charge in [0.1, 0.15) is 15.9 Å². The van der Waals surface area contributed by atoms with Crippen molar-refractivity contribution >= 4 is 56.1 Å². The molecule has 0 radical (unpaired) electrons. The summed E-state index contributed by atoms with van der Waals surface area (Å²) in [6, 6.07) is 0. The van der Waals surface area contributed by atoms with Crippen LogP contribution in [0.1, 0.15) is 25.8 Å². The van der Waals surface area contributed by atoms with Crippen LogP contribution in [-0.4, -0.2) is 21.7 Å². The summed E-state index contributed by atoms with van der Waals surface area (Å²) in [6.07, 6.45) is 1.14. The second-order valence-electron chi connectivity index (χ2n) is 5.00. The van der Waals surface area contributed by atoms with Gasteiger partial charge in [-0.1, -0.05) is 11.3 Å². The number of thiazole rings is 1. The van der Waals surface area contributed by atoms with Crippen molar-refractivity contribution in [3.8, 4) is 0 Å². The molecule has 0 unspecified atom stereocenters. The minimum Gasteiger partial charge on any atom is -0.444 e. The molecule has 0 aliphatic heterocycles. The van der Waals surface area contributed by atoms with Gasteiger partial charge in [0.2, 0.25) is 0 Å². The zero-order chi connectivity index (χ0) is 14.2. The van der Waals surface area contributed by atoms with Gasteiger partial charge in [-0.15, -0.1) is 0 Å². The lowest BCUT2D eigenvalue weighted by Crippen LogP contribution is -2.27. The topological polar surface area (TPSA) is 64.1 Å². The molecule has 2 rings (SSSR count). The highest BCUT2D eigenvalue weighted by Gasteiger charge is 2.18. The zero-order valence-corrected chi connectivity index (χ0v) is 14.0. The number of carbonyl (C=O) groups is 1. The predicted molar refractivity (Wildman–Crippen MR) is 84.7 cm³/mol. The molecule has 0 aliphatic carbocycles. The van der Waals surface area contributed by atoms with E-state index in [0.717, 1.165) is 18.9 Å². The summed E-state index contributed by atoms with van der Waals surface area (Å²) in [7, 11) is 0. The minimum atomic E-state index is -0.524. The largest absolute Gasteiger partial charge is 0.444 e. The summed E-state index contributed by atoms with van der Waals surface area (Å²) in [4.78, 5) is 21.3. The Bertz CT molecular complexity index is 634. The fraction of sp³-hybridized carbons (Fsp3) is 0.417. The van der Waals surface area contributed by atoms with Crippen LogP contribution in [0.5, 0.6) is 0 Å². The van der Waals surface area contributed by atoms with Crippen LogP contribution in [0.25, 0.3) is 10.3 Å². The van der Waals surface area contributed by atoms with Crippen molar-refractivity contribution in [3.05, 3.63) is 14.8 Å². The van der Waals surface area contributed by atoms with Crippen LogP contribution >= 0.6 is 33.9 Å². The van der Waals surface area contributed by atoms with Crippen molar-refractivity contribution in [2.75, 3.05) is 5.32 Å². The van der Waals surface area contributed by atoms with E-state index in [1.807, 2.05) is 27.7 Å². The molecule has 19 heavy (non-hydrogen) atoms. The summed E-state index contributed by atoms with van der Waals surface area (Å²) in [5.74, 6) is 0. The number of hydrogen-bond donors (Lipinski definition) is 1. The molecule has 0 aliphatic rings. The zero-order valence-electron chi connectivity index (χ0n) is 11.1. The fourth-order valence-electron chi connectivity index (χ4n) is 1.45. The van der Waals surface area contributed by atoms with Crippen molar-refractivity contribution in [2.45, 2.75) is 33.3 Å². The maximum Gasteiger partial charge on any atom is 0.412 e. The Hall–Kier alpha value is -0.960. The molecule has 102 valence electrons. The number of hydrogen-bond acceptors (Lipinski definition) is 5. The van der Waals surface area contributed by atoms with E-state index >= 15 is 0 Å². The number of carbonyl (C=O) groups excluding carboxylic acids is 1. The number of fused-ring (bicyclic) bond motifs is 1. The maximum absolute atomic E-state index is 11.7. The van der Waals surface area contributed by atoms with Crippen LogP contribution in [0.3, 0.4) is 0 Å². The minimum absolute atomic E-state index is 0.487. The van der Waals surface area contributed by atoms with Crippen LogP contribution in [-0.2, 0) is 4.74 Å². The van der Waals surface area contributed by atoms with Crippen molar-refractivity contribution in [1.29, 1.82) is 0 Å². The second kappa shape index (κ2) is 5.20. The number of aryl methyl sites for hydroxylation is 1. The van der Waals surface area contributed by atoms with E-state index in [1.165, 1.54) is 11.3 Å². The highest BCUT2D eigenvalue weighted by molar-refractivity contribution is 14.1. The van der Waals surface area contributed by atoms with Crippen molar-refractivity contribution in [3.63, 3.8) is 0 Å². The van der Waals surface area contributed by atoms with Gasteiger partial charge >= 0.3 is 6.09 Å². The Labute approximate surface area is 128 Å². The molecule has 2 heterocycles. The molecule has 0 saturated carbocycles. The number of ether oxygens (including phenoxy) is 1. The average molecular weight is 391 g/mol. The molecule has 0 bridgehead atoms. The first-order valence-electron chi connectivity index (χ1n) is 5.68. The van der Waals surface area contributed by atoms with Crippen LogP contribution in [0.15, 0.2) is 6.20 Å². The number of rotatable bonds is 1. The van der Waals surface area contributed by atoms with Gasteiger partial charge in [-0.25, -0.2) is 14.8 Å². The second-order valence-corrected chi connectivity index (χ2v) is 7.26. The molecule has 0 saturated heterocycles. The third kappa shape index (κ3) is 3.53. The number of nitrogens with zero attached hydrogens (tertiary/aromatic N) is 2. The van der Waals surface area contributed by atoms with E-state index in [2.05, 4.69) is 37.9 Å². The average Bonchev–Trinajstić information content (AvgIpc) is 2.61. The van der Waals surface area contributed by atoms with Crippen LogP contribution in [0.4, 0.5) is 10.5 Å². The van der Waals surface area contributed by atoms with E-state index in [9.17, 15) is 4.79 Å².